The van der Waals surface area contributed by atoms with E-state index in [-0.39, 0.29) is 5.91 Å². The van der Waals surface area contributed by atoms with Gasteiger partial charge in [0.05, 0.1) is 10.2 Å². The molecule has 4 rings (SSSR count). The van der Waals surface area contributed by atoms with Gasteiger partial charge in [-0.1, -0.05) is 47.2 Å². The molecule has 3 aromatic rings. The van der Waals surface area contributed by atoms with Gasteiger partial charge in [0.25, 0.3) is 0 Å². The highest BCUT2D eigenvalue weighted by atomic mass is 35.5. The van der Waals surface area contributed by atoms with Gasteiger partial charge in [0, 0.05) is 50.4 Å². The molecule has 0 saturated carbocycles. The number of benzene rings is 2. The van der Waals surface area contributed by atoms with Crippen LogP contribution in [-0.2, 0) is 4.79 Å². The zero-order valence-electron chi connectivity index (χ0n) is 17.9. The zero-order chi connectivity index (χ0) is 21.8. The van der Waals surface area contributed by atoms with E-state index < -0.39 is 0 Å². The summed E-state index contributed by atoms with van der Waals surface area (Å²) in [5.74, 6) is -0.0984. The van der Waals surface area contributed by atoms with Gasteiger partial charge in [0.2, 0.25) is 5.91 Å². The number of halogens is 1. The van der Waals surface area contributed by atoms with E-state index in [0.29, 0.717) is 11.6 Å². The summed E-state index contributed by atoms with van der Waals surface area (Å²) in [6.45, 7) is 9.60. The van der Waals surface area contributed by atoms with Crippen LogP contribution in [0.1, 0.15) is 16.7 Å². The highest BCUT2D eigenvalue weighted by Crippen LogP contribution is 2.32. The molecular weight excluding hydrogens is 428 g/mol. The number of rotatable bonds is 6. The summed E-state index contributed by atoms with van der Waals surface area (Å²) in [7, 11) is 0. The minimum Gasteiger partial charge on any atom is -0.351 e. The Morgan fingerprint density at radius 1 is 1.19 bits per heavy atom. The summed E-state index contributed by atoms with van der Waals surface area (Å²) in [6.07, 6.45) is 3.29. The minimum absolute atomic E-state index is 0.0984. The van der Waals surface area contributed by atoms with Crippen LogP contribution in [0.4, 0.5) is 5.13 Å². The number of thiazole rings is 1. The number of aromatic nitrogens is 1. The SMILES string of the molecule is Cc1cc(C)c2nc(N3CCN(CCNC(=O)/C=C/c4ccccc4Cl)CC3)sc2c1. The lowest BCUT2D eigenvalue weighted by Gasteiger charge is -2.34. The highest BCUT2D eigenvalue weighted by molar-refractivity contribution is 7.22. The van der Waals surface area contributed by atoms with Crippen molar-refractivity contribution in [1.82, 2.24) is 15.2 Å². The predicted molar refractivity (Wildman–Crippen MR) is 131 cm³/mol. The monoisotopic (exact) mass is 454 g/mol. The third-order valence-electron chi connectivity index (χ3n) is 5.51. The van der Waals surface area contributed by atoms with Gasteiger partial charge in [-0.25, -0.2) is 4.98 Å². The standard InChI is InChI=1S/C24H27ClN4OS/c1-17-15-18(2)23-21(16-17)31-24(27-23)29-13-11-28(12-14-29)10-9-26-22(30)8-7-19-5-3-4-6-20(19)25/h3-8,15-16H,9-14H2,1-2H3,(H,26,30)/b8-7+. The minimum atomic E-state index is -0.0984. The first kappa shape index (κ1) is 21.8. The maximum absolute atomic E-state index is 12.1. The number of anilines is 1. The van der Waals surface area contributed by atoms with Gasteiger partial charge in [0.15, 0.2) is 5.13 Å². The average molecular weight is 455 g/mol. The van der Waals surface area contributed by atoms with E-state index in [9.17, 15) is 4.79 Å². The van der Waals surface area contributed by atoms with Crippen LogP contribution >= 0.6 is 22.9 Å². The highest BCUT2D eigenvalue weighted by Gasteiger charge is 2.20. The number of carbonyl (C=O) groups is 1. The molecule has 1 aromatic heterocycles. The van der Waals surface area contributed by atoms with Crippen LogP contribution < -0.4 is 10.2 Å². The number of nitrogens with one attached hydrogen (secondary N) is 1. The average Bonchev–Trinajstić information content (AvgIpc) is 3.18. The molecule has 0 radical (unpaired) electrons. The van der Waals surface area contributed by atoms with Gasteiger partial charge < -0.3 is 10.2 Å². The Hall–Kier alpha value is -2.41. The van der Waals surface area contributed by atoms with E-state index >= 15 is 0 Å². The Labute approximate surface area is 192 Å². The molecule has 5 nitrogen and oxygen atoms in total. The first-order chi connectivity index (χ1) is 15.0. The van der Waals surface area contributed by atoms with E-state index in [1.807, 2.05) is 24.3 Å². The lowest BCUT2D eigenvalue weighted by atomic mass is 10.1. The van der Waals surface area contributed by atoms with Crippen LogP contribution in [-0.4, -0.2) is 55.1 Å². The van der Waals surface area contributed by atoms with Gasteiger partial charge in [-0.05, 0) is 48.7 Å². The molecule has 1 N–H and O–H groups in total. The van der Waals surface area contributed by atoms with Gasteiger partial charge in [-0.3, -0.25) is 9.69 Å². The third-order valence-corrected chi connectivity index (χ3v) is 6.92. The topological polar surface area (TPSA) is 48.5 Å². The largest absolute Gasteiger partial charge is 0.351 e. The van der Waals surface area contributed by atoms with E-state index in [2.05, 4.69) is 41.1 Å². The second-order valence-corrected chi connectivity index (χ2v) is 9.32. The Morgan fingerprint density at radius 2 is 1.97 bits per heavy atom. The van der Waals surface area contributed by atoms with Crippen molar-refractivity contribution in [2.75, 3.05) is 44.2 Å². The molecule has 31 heavy (non-hydrogen) atoms. The molecule has 2 heterocycles. The lowest BCUT2D eigenvalue weighted by Crippen LogP contribution is -2.48. The van der Waals surface area contributed by atoms with Crippen molar-refractivity contribution in [2.45, 2.75) is 13.8 Å². The number of hydrogen-bond donors (Lipinski definition) is 1. The quantitative estimate of drug-likeness (QED) is 0.556. The van der Waals surface area contributed by atoms with Crippen molar-refractivity contribution < 1.29 is 4.79 Å². The first-order valence-electron chi connectivity index (χ1n) is 10.5. The zero-order valence-corrected chi connectivity index (χ0v) is 19.5. The van der Waals surface area contributed by atoms with Gasteiger partial charge in [-0.2, -0.15) is 0 Å². The number of piperazine rings is 1. The van der Waals surface area contributed by atoms with Crippen molar-refractivity contribution in [3.8, 4) is 0 Å². The lowest BCUT2D eigenvalue weighted by molar-refractivity contribution is -0.116. The third kappa shape index (κ3) is 5.45. The van der Waals surface area contributed by atoms with Crippen LogP contribution in [0, 0.1) is 13.8 Å². The molecule has 162 valence electrons. The van der Waals surface area contributed by atoms with Crippen LogP contribution in [0.5, 0.6) is 0 Å². The Kier molecular flexibility index (Phi) is 6.90. The van der Waals surface area contributed by atoms with Crippen LogP contribution in [0.25, 0.3) is 16.3 Å². The molecule has 1 amide bonds. The molecule has 0 aliphatic carbocycles. The number of aryl methyl sites for hydroxylation is 2. The summed E-state index contributed by atoms with van der Waals surface area (Å²) in [5.41, 5.74) is 4.50. The Morgan fingerprint density at radius 3 is 2.74 bits per heavy atom. The molecule has 1 aliphatic rings. The number of amides is 1. The summed E-state index contributed by atoms with van der Waals surface area (Å²) in [5, 5.41) is 4.71. The van der Waals surface area contributed by atoms with Crippen molar-refractivity contribution in [1.29, 1.82) is 0 Å². The fourth-order valence-electron chi connectivity index (χ4n) is 3.83. The summed E-state index contributed by atoms with van der Waals surface area (Å²) >= 11 is 7.89. The van der Waals surface area contributed by atoms with Crippen LogP contribution in [0.3, 0.4) is 0 Å². The summed E-state index contributed by atoms with van der Waals surface area (Å²) < 4.78 is 1.27. The van der Waals surface area contributed by atoms with E-state index in [1.165, 1.54) is 21.9 Å². The van der Waals surface area contributed by atoms with Crippen molar-refractivity contribution in [3.05, 3.63) is 64.2 Å². The number of nitrogens with zero attached hydrogens (tertiary/aromatic N) is 3. The van der Waals surface area contributed by atoms with E-state index in [4.69, 9.17) is 16.6 Å². The van der Waals surface area contributed by atoms with E-state index in [0.717, 1.165) is 48.9 Å². The molecule has 0 spiro atoms. The molecule has 1 fully saturated rings. The van der Waals surface area contributed by atoms with E-state index in [1.54, 1.807) is 17.4 Å². The first-order valence-corrected chi connectivity index (χ1v) is 11.7. The van der Waals surface area contributed by atoms with Crippen molar-refractivity contribution in [3.63, 3.8) is 0 Å². The van der Waals surface area contributed by atoms with Crippen LogP contribution in [0.15, 0.2) is 42.5 Å². The Bertz CT molecular complexity index is 1100. The smallest absolute Gasteiger partial charge is 0.244 e. The summed E-state index contributed by atoms with van der Waals surface area (Å²) in [6, 6.07) is 11.9. The Balaban J connectivity index is 1.23. The summed E-state index contributed by atoms with van der Waals surface area (Å²) in [4.78, 5) is 21.7. The molecule has 1 saturated heterocycles. The second-order valence-electron chi connectivity index (χ2n) is 7.90. The van der Waals surface area contributed by atoms with Crippen molar-refractivity contribution in [2.24, 2.45) is 0 Å². The fraction of sp³-hybridized carbons (Fsp3) is 0.333. The molecule has 0 atom stereocenters. The van der Waals surface area contributed by atoms with Crippen LogP contribution in [0.2, 0.25) is 5.02 Å². The molecule has 0 unspecified atom stereocenters. The normalized spacial score (nSPS) is 15.1. The number of carbonyl (C=O) groups excluding carboxylic acids is 1. The maximum atomic E-state index is 12.1. The maximum Gasteiger partial charge on any atom is 0.244 e. The van der Waals surface area contributed by atoms with Gasteiger partial charge in [-0.15, -0.1) is 0 Å². The molecule has 1 aliphatic heterocycles. The second kappa shape index (κ2) is 9.81. The molecule has 7 heteroatoms. The molecule has 2 aromatic carbocycles. The van der Waals surface area contributed by atoms with Gasteiger partial charge >= 0.3 is 0 Å². The number of hydrogen-bond acceptors (Lipinski definition) is 5. The predicted octanol–water partition coefficient (Wildman–Crippen LogP) is 4.52. The number of fused-ring (bicyclic) bond motifs is 1. The molecule has 0 bridgehead atoms. The van der Waals surface area contributed by atoms with Crippen molar-refractivity contribution >= 4 is 50.3 Å². The molecular formula is C24H27ClN4OS. The fourth-order valence-corrected chi connectivity index (χ4v) is 5.22. The van der Waals surface area contributed by atoms with Gasteiger partial charge in [0.1, 0.15) is 0 Å².